The average Bonchev–Trinajstić information content (AvgIpc) is 2.65. The molecule has 8 heteroatoms. The molecular formula is C18H28F3N3O2. The molecule has 0 radical (unpaired) electrons. The van der Waals surface area contributed by atoms with Crippen LogP contribution in [0.3, 0.4) is 0 Å². The van der Waals surface area contributed by atoms with E-state index in [4.69, 9.17) is 15.6 Å². The lowest BCUT2D eigenvalue weighted by molar-refractivity contribution is -0.138. The fourth-order valence-corrected chi connectivity index (χ4v) is 3.20. The van der Waals surface area contributed by atoms with Gasteiger partial charge in [-0.2, -0.15) is 13.2 Å². The Morgan fingerprint density at radius 3 is 2.42 bits per heavy atom. The molecule has 3 rings (SSSR count). The number of aliphatic hydroxyl groups excluding tert-OH is 1. The van der Waals surface area contributed by atoms with Gasteiger partial charge in [0.1, 0.15) is 0 Å². The van der Waals surface area contributed by atoms with Crippen LogP contribution >= 0.6 is 0 Å². The fraction of sp³-hybridized carbons (Fsp3) is 0.556. The number of nitrogens with one attached hydrogen (secondary N) is 2. The highest BCUT2D eigenvalue weighted by Crippen LogP contribution is 2.41. The molecule has 5 N–H and O–H groups in total. The topological polar surface area (TPSA) is 79.5 Å². The van der Waals surface area contributed by atoms with Gasteiger partial charge in [-0.1, -0.05) is 6.07 Å². The van der Waals surface area contributed by atoms with Crippen molar-refractivity contribution < 1.29 is 23.0 Å². The minimum atomic E-state index is -4.27. The van der Waals surface area contributed by atoms with Gasteiger partial charge in [0, 0.05) is 26.6 Å². The van der Waals surface area contributed by atoms with E-state index in [1.165, 1.54) is 18.3 Å². The van der Waals surface area contributed by atoms with Crippen molar-refractivity contribution in [1.82, 2.24) is 10.6 Å². The maximum absolute atomic E-state index is 12.8. The van der Waals surface area contributed by atoms with Crippen LogP contribution in [0.15, 0.2) is 30.6 Å². The molecule has 148 valence electrons. The Bertz CT molecular complexity index is 571. The molecule has 0 aliphatic carbocycles. The molecule has 1 aromatic rings. The van der Waals surface area contributed by atoms with Gasteiger partial charge in [0.2, 0.25) is 0 Å². The van der Waals surface area contributed by atoms with Crippen LogP contribution in [0, 0.1) is 0 Å². The first kappa shape index (κ1) is 22.3. The summed E-state index contributed by atoms with van der Waals surface area (Å²) in [5, 5.41) is 13.0. The number of rotatable bonds is 1. The van der Waals surface area contributed by atoms with Crippen LogP contribution < -0.4 is 16.4 Å². The fourth-order valence-electron chi connectivity index (χ4n) is 3.20. The maximum atomic E-state index is 12.8. The van der Waals surface area contributed by atoms with Crippen LogP contribution in [0.5, 0.6) is 0 Å². The van der Waals surface area contributed by atoms with Gasteiger partial charge in [-0.25, -0.2) is 0 Å². The van der Waals surface area contributed by atoms with Crippen LogP contribution in [0.25, 0.3) is 0 Å². The van der Waals surface area contributed by atoms with Gasteiger partial charge < -0.3 is 26.2 Å². The molecule has 2 heterocycles. The van der Waals surface area contributed by atoms with Gasteiger partial charge in [-0.05, 0) is 55.6 Å². The zero-order valence-electron chi connectivity index (χ0n) is 15.2. The molecule has 0 atom stereocenters. The summed E-state index contributed by atoms with van der Waals surface area (Å²) in [6.45, 7) is 2.20. The van der Waals surface area contributed by atoms with E-state index in [0.717, 1.165) is 44.2 Å². The molecule has 0 unspecified atom stereocenters. The van der Waals surface area contributed by atoms with E-state index in [0.29, 0.717) is 13.0 Å². The SMILES string of the molecule is CN/C=C\N.CO.FC(F)(F)c1ccc2c(c1)CCOC21CCNCC1. The van der Waals surface area contributed by atoms with Gasteiger partial charge in [-0.15, -0.1) is 0 Å². The molecular weight excluding hydrogens is 347 g/mol. The van der Waals surface area contributed by atoms with Gasteiger partial charge >= 0.3 is 6.18 Å². The predicted octanol–water partition coefficient (Wildman–Crippen LogP) is 2.10. The van der Waals surface area contributed by atoms with E-state index in [-0.39, 0.29) is 5.60 Å². The third-order valence-corrected chi connectivity index (χ3v) is 4.35. The minimum Gasteiger partial charge on any atom is -0.403 e. The molecule has 0 amide bonds. The second-order valence-electron chi connectivity index (χ2n) is 5.86. The summed E-state index contributed by atoms with van der Waals surface area (Å²) in [7, 11) is 2.80. The van der Waals surface area contributed by atoms with Crippen molar-refractivity contribution in [1.29, 1.82) is 0 Å². The monoisotopic (exact) mass is 375 g/mol. The van der Waals surface area contributed by atoms with Crippen molar-refractivity contribution >= 4 is 0 Å². The van der Waals surface area contributed by atoms with Crippen LogP contribution in [-0.4, -0.2) is 39.0 Å². The van der Waals surface area contributed by atoms with E-state index < -0.39 is 11.7 Å². The molecule has 1 aromatic carbocycles. The van der Waals surface area contributed by atoms with E-state index in [2.05, 4.69) is 10.6 Å². The van der Waals surface area contributed by atoms with Crippen molar-refractivity contribution in [3.05, 3.63) is 47.3 Å². The second kappa shape index (κ2) is 10.4. The number of halogens is 3. The summed E-state index contributed by atoms with van der Waals surface area (Å²) < 4.78 is 44.2. The van der Waals surface area contributed by atoms with Crippen molar-refractivity contribution in [2.24, 2.45) is 5.73 Å². The lowest BCUT2D eigenvalue weighted by Crippen LogP contribution is -2.44. The molecule has 0 saturated carbocycles. The minimum absolute atomic E-state index is 0.372. The Hall–Kier alpha value is -1.77. The van der Waals surface area contributed by atoms with Crippen LogP contribution in [-0.2, 0) is 22.9 Å². The second-order valence-corrected chi connectivity index (χ2v) is 5.86. The summed E-state index contributed by atoms with van der Waals surface area (Å²) in [5.41, 5.74) is 5.71. The molecule has 1 fully saturated rings. The lowest BCUT2D eigenvalue weighted by atomic mass is 9.79. The number of benzene rings is 1. The van der Waals surface area contributed by atoms with Crippen LogP contribution in [0.2, 0.25) is 0 Å². The Morgan fingerprint density at radius 2 is 1.92 bits per heavy atom. The number of aliphatic hydroxyl groups is 1. The summed E-state index contributed by atoms with van der Waals surface area (Å²) in [5.74, 6) is 0. The number of fused-ring (bicyclic) bond motifs is 2. The van der Waals surface area contributed by atoms with E-state index in [9.17, 15) is 13.2 Å². The quantitative estimate of drug-likeness (QED) is 0.605. The van der Waals surface area contributed by atoms with Gasteiger partial charge in [-0.3, -0.25) is 0 Å². The predicted molar refractivity (Wildman–Crippen MR) is 95.4 cm³/mol. The number of ether oxygens (including phenoxy) is 1. The first-order chi connectivity index (χ1) is 12.4. The first-order valence-electron chi connectivity index (χ1n) is 8.47. The lowest BCUT2D eigenvalue weighted by Gasteiger charge is -2.42. The molecule has 2 aliphatic heterocycles. The van der Waals surface area contributed by atoms with Gasteiger partial charge in [0.15, 0.2) is 0 Å². The van der Waals surface area contributed by atoms with Crippen LogP contribution in [0.1, 0.15) is 29.5 Å². The largest absolute Gasteiger partial charge is 0.416 e. The average molecular weight is 375 g/mol. The number of alkyl halides is 3. The van der Waals surface area contributed by atoms with E-state index in [1.54, 1.807) is 19.3 Å². The highest BCUT2D eigenvalue weighted by Gasteiger charge is 2.40. The Balaban J connectivity index is 0.000000420. The molecule has 0 bridgehead atoms. The van der Waals surface area contributed by atoms with Crippen molar-refractivity contribution in [3.63, 3.8) is 0 Å². The summed E-state index contributed by atoms with van der Waals surface area (Å²) in [6.07, 6.45) is 1.04. The molecule has 0 aromatic heterocycles. The first-order valence-corrected chi connectivity index (χ1v) is 8.47. The van der Waals surface area contributed by atoms with Gasteiger partial charge in [0.05, 0.1) is 17.8 Å². The molecule has 26 heavy (non-hydrogen) atoms. The normalized spacial score (nSPS) is 18.2. The summed E-state index contributed by atoms with van der Waals surface area (Å²) in [4.78, 5) is 0. The number of hydrogen-bond donors (Lipinski definition) is 4. The van der Waals surface area contributed by atoms with Crippen LogP contribution in [0.4, 0.5) is 13.2 Å². The van der Waals surface area contributed by atoms with Crippen molar-refractivity contribution in [3.8, 4) is 0 Å². The summed E-state index contributed by atoms with van der Waals surface area (Å²) in [6, 6.07) is 4.08. The summed E-state index contributed by atoms with van der Waals surface area (Å²) >= 11 is 0. The van der Waals surface area contributed by atoms with Crippen molar-refractivity contribution in [2.75, 3.05) is 33.9 Å². The number of piperidine rings is 1. The highest BCUT2D eigenvalue weighted by molar-refractivity contribution is 5.39. The Morgan fingerprint density at radius 1 is 1.27 bits per heavy atom. The number of hydrogen-bond acceptors (Lipinski definition) is 5. The molecule has 2 aliphatic rings. The molecule has 5 nitrogen and oxygen atoms in total. The molecule has 1 saturated heterocycles. The van der Waals surface area contributed by atoms with Crippen molar-refractivity contribution in [2.45, 2.75) is 31.0 Å². The maximum Gasteiger partial charge on any atom is 0.416 e. The Labute approximate surface area is 152 Å². The van der Waals surface area contributed by atoms with Gasteiger partial charge in [0.25, 0.3) is 0 Å². The Kier molecular flexibility index (Phi) is 8.91. The third kappa shape index (κ3) is 5.62. The zero-order chi connectivity index (χ0) is 19.6. The zero-order valence-corrected chi connectivity index (χ0v) is 15.2. The van der Waals surface area contributed by atoms with E-state index in [1.807, 2.05) is 0 Å². The smallest absolute Gasteiger partial charge is 0.403 e. The van der Waals surface area contributed by atoms with E-state index >= 15 is 0 Å². The number of nitrogens with two attached hydrogens (primary N) is 1. The molecule has 1 spiro atoms. The standard InChI is InChI=1S/C14H16F3NO.C3H8N2.CH4O/c15-14(16,17)11-1-2-12-10(9-11)3-8-19-13(12)4-6-18-7-5-13;1-5-3-2-4;1-2/h1-2,9,18H,3-8H2;2-3,5H,4H2,1H3;2H,1H3/b;3-2-;. The highest BCUT2D eigenvalue weighted by atomic mass is 19.4. The third-order valence-electron chi connectivity index (χ3n) is 4.35.